The van der Waals surface area contributed by atoms with Gasteiger partial charge in [0.2, 0.25) is 70.9 Å². The summed E-state index contributed by atoms with van der Waals surface area (Å²) >= 11 is 0. The highest BCUT2D eigenvalue weighted by Crippen LogP contribution is 2.16. The van der Waals surface area contributed by atoms with Gasteiger partial charge in [-0.15, -0.1) is 0 Å². The third kappa shape index (κ3) is 34.6. The van der Waals surface area contributed by atoms with Gasteiger partial charge in [0.1, 0.15) is 59.3 Å². The molecule has 1 aromatic heterocycles. The van der Waals surface area contributed by atoms with Crippen molar-refractivity contribution in [2.75, 3.05) is 39.3 Å². The fourth-order valence-electron chi connectivity index (χ4n) is 11.8. The molecule has 634 valence electrons. The van der Waals surface area contributed by atoms with Crippen molar-refractivity contribution >= 4 is 117 Å². The second-order valence-electron chi connectivity index (χ2n) is 26.9. The molecule has 0 aliphatic carbocycles. The minimum Gasteiger partial charge on any atom is -0.481 e. The van der Waals surface area contributed by atoms with E-state index in [2.05, 4.69) is 95.3 Å². The summed E-state index contributed by atoms with van der Waals surface area (Å²) in [4.78, 5) is 208. The van der Waals surface area contributed by atoms with E-state index in [-0.39, 0.29) is 152 Å². The number of nitrogens with zero attached hydrogens (tertiary/aromatic N) is 2. The highest BCUT2D eigenvalue weighted by atomic mass is 32.2. The summed E-state index contributed by atoms with van der Waals surface area (Å²) in [5, 5.41) is 76.5. The SMILES string of the molecule is C.N=C(N)NCCC[C@@H]1NC(=O)CNC(=O)[C@@H](CC(=O)O)NC(=O)[C@@H](Cc2ccccc2)NC(=O)C(CCCCNC(=O)C(CCC(=O)NCCCC[C@H]2NC(=O)[C@H](CCCNC(=N)N)NC(=O)CNC(=O)[C@@H](CC(=O)O)NC(=O)[C@@H](Cc3ccccc3)NC2=O)NC(=O)c2ccc(CNN=Cc3ccccc3S(=O)(=O)O)nc2)NC1=O. The lowest BCUT2D eigenvalue weighted by Gasteiger charge is -2.26. The fraction of sp³-hybridized carbons (Fsp3) is 0.446. The molecule has 2 fully saturated rings. The summed E-state index contributed by atoms with van der Waals surface area (Å²) in [6, 6.07) is 11.5. The average molecular weight is 1650 g/mol. The molecule has 0 spiro atoms. The summed E-state index contributed by atoms with van der Waals surface area (Å²) in [7, 11) is -4.58. The fourth-order valence-corrected chi connectivity index (χ4v) is 12.5. The predicted molar refractivity (Wildman–Crippen MR) is 420 cm³/mol. The maximum absolute atomic E-state index is 14.5. The van der Waals surface area contributed by atoms with E-state index in [9.17, 15) is 95.1 Å². The Hall–Kier alpha value is -13.2. The Morgan fingerprint density at radius 3 is 1.37 bits per heavy atom. The van der Waals surface area contributed by atoms with Crippen molar-refractivity contribution in [3.63, 3.8) is 0 Å². The number of benzene rings is 3. The number of pyridine rings is 1. The molecule has 2 unspecified atom stereocenters. The highest BCUT2D eigenvalue weighted by Gasteiger charge is 2.36. The second kappa shape index (κ2) is 48.8. The molecule has 2 aliphatic rings. The second-order valence-corrected chi connectivity index (χ2v) is 28.3. The molecule has 42 nitrogen and oxygen atoms in total. The Morgan fingerprint density at radius 1 is 0.513 bits per heavy atom. The molecule has 6 rings (SSSR count). The summed E-state index contributed by atoms with van der Waals surface area (Å²) in [5.74, 6) is -15.4. The summed E-state index contributed by atoms with van der Waals surface area (Å²) in [5.41, 5.74) is 15.0. The number of hydrogen-bond donors (Lipinski definition) is 23. The van der Waals surface area contributed by atoms with Gasteiger partial charge < -0.3 is 107 Å². The van der Waals surface area contributed by atoms with Gasteiger partial charge in [0.25, 0.3) is 16.0 Å². The van der Waals surface area contributed by atoms with Crippen LogP contribution in [0.5, 0.6) is 0 Å². The zero-order valence-electron chi connectivity index (χ0n) is 63.1. The predicted octanol–water partition coefficient (Wildman–Crippen LogP) is -4.36. The molecule has 2 aliphatic heterocycles. The quantitative estimate of drug-likeness (QED) is 0.00667. The Morgan fingerprint density at radius 2 is 0.923 bits per heavy atom. The number of rotatable bonds is 37. The van der Waals surface area contributed by atoms with E-state index < -0.39 is 186 Å². The van der Waals surface area contributed by atoms with Gasteiger partial charge in [-0.1, -0.05) is 86.3 Å². The van der Waals surface area contributed by atoms with Gasteiger partial charge in [0.05, 0.1) is 49.9 Å². The van der Waals surface area contributed by atoms with Gasteiger partial charge in [-0.2, -0.15) is 13.5 Å². The lowest BCUT2D eigenvalue weighted by Crippen LogP contribution is -2.58. The molecule has 2 saturated heterocycles. The van der Waals surface area contributed by atoms with Crippen LogP contribution >= 0.6 is 0 Å². The number of nitrogens with two attached hydrogens (primary N) is 2. The first-order valence-corrected chi connectivity index (χ1v) is 38.5. The smallest absolute Gasteiger partial charge is 0.305 e. The lowest BCUT2D eigenvalue weighted by atomic mass is 10.0. The number of carboxylic acid groups (broad SMARTS) is 2. The van der Waals surface area contributed by atoms with Crippen LogP contribution < -0.4 is 96.6 Å². The average Bonchev–Trinajstić information content (AvgIpc) is 1.50. The molecule has 117 heavy (non-hydrogen) atoms. The first-order chi connectivity index (χ1) is 55.3. The number of guanidine groups is 2. The third-order valence-electron chi connectivity index (χ3n) is 17.8. The lowest BCUT2D eigenvalue weighted by molar-refractivity contribution is -0.141. The number of nitrogens with one attached hydrogen (secondary N) is 18. The summed E-state index contributed by atoms with van der Waals surface area (Å²) in [6.45, 7) is -1.63. The summed E-state index contributed by atoms with van der Waals surface area (Å²) in [6.07, 6.45) is -0.496. The van der Waals surface area contributed by atoms with Gasteiger partial charge in [-0.25, -0.2) is 0 Å². The number of hydrogen-bond acceptors (Lipinski definition) is 22. The van der Waals surface area contributed by atoms with Gasteiger partial charge in [-0.05, 0) is 100.0 Å². The molecule has 0 bridgehead atoms. The topological polar surface area (TPSA) is 668 Å². The maximum Gasteiger partial charge on any atom is 0.305 e. The van der Waals surface area contributed by atoms with Crippen LogP contribution in [0.15, 0.2) is 113 Å². The maximum atomic E-state index is 14.5. The largest absolute Gasteiger partial charge is 0.481 e. The van der Waals surface area contributed by atoms with Crippen LogP contribution in [0, 0.1) is 10.8 Å². The Balaban J connectivity index is 0.0000244. The van der Waals surface area contributed by atoms with Gasteiger partial charge in [-0.3, -0.25) is 92.3 Å². The van der Waals surface area contributed by atoms with Gasteiger partial charge in [0, 0.05) is 57.2 Å². The highest BCUT2D eigenvalue weighted by molar-refractivity contribution is 7.86. The van der Waals surface area contributed by atoms with Crippen LogP contribution in [0.4, 0.5) is 0 Å². The Labute approximate surface area is 673 Å². The molecular formula is C74H102N22O20S. The van der Waals surface area contributed by atoms with Crippen LogP contribution in [0.3, 0.4) is 0 Å². The standard InChI is InChI=1S/C73H98N22O20S.CH4/c74-72(75)80-31-13-22-47-66(107)90-49(68(109)92-52(33-42-15-3-1-4-16-42)70(111)94-54(35-60(99)100)64(105)83-40-58(97)87-47)20-9-11-29-78-57(96)28-27-51(89-62(103)45-25-26-46(82-37-45)39-86-85-38-44-19-7-8-24-56(44)116(113,114)115)63(104)79-30-12-10-21-50-69(110)93-53(34-43-17-5-2-6-18-43)71(112)95-55(36-61(101)102)65(106)84-41-59(98)88-48(67(108)91-50)23-14-32-81-73(76)77;/h1-8,15-19,24-26,37-38,47-55,86H,9-14,20-23,27-36,39-41H2,(H,78,96)(H,79,104)(H,83,105)(H,84,106)(H,87,97)(H,88,98)(H,89,103)(H,90,107)(H,91,108)(H,92,109)(H,93,110)(H,94,111)(H,95,112)(H,99,100)(H,101,102)(H4,74,75,80)(H4,76,77,81)(H,113,114,115);1H4/t47-,48-,49+,50?,51?,52+,53+,54+,55+;/m0./s1. The van der Waals surface area contributed by atoms with Crippen molar-refractivity contribution in [2.45, 2.75) is 176 Å². The van der Waals surface area contributed by atoms with Crippen molar-refractivity contribution in [1.29, 1.82) is 10.8 Å². The molecule has 9 atom stereocenters. The number of aromatic nitrogens is 1. The van der Waals surface area contributed by atoms with Crippen molar-refractivity contribution in [3.05, 3.63) is 131 Å². The van der Waals surface area contributed by atoms with Crippen molar-refractivity contribution < 1.29 is 95.1 Å². The monoisotopic (exact) mass is 1650 g/mol. The molecule has 3 aromatic carbocycles. The van der Waals surface area contributed by atoms with Crippen LogP contribution in [0.25, 0.3) is 0 Å². The number of aliphatic carboxylic acids is 2. The van der Waals surface area contributed by atoms with Crippen LogP contribution in [0.2, 0.25) is 0 Å². The zero-order chi connectivity index (χ0) is 84.7. The molecule has 25 N–H and O–H groups in total. The van der Waals surface area contributed by atoms with E-state index in [1.807, 2.05) is 0 Å². The van der Waals surface area contributed by atoms with E-state index in [1.54, 1.807) is 60.7 Å². The van der Waals surface area contributed by atoms with Crippen molar-refractivity contribution in [1.82, 2.24) is 90.2 Å². The van der Waals surface area contributed by atoms with E-state index in [0.29, 0.717) is 16.8 Å². The van der Waals surface area contributed by atoms with E-state index in [4.69, 9.17) is 22.3 Å². The molecule has 0 radical (unpaired) electrons. The minimum atomic E-state index is -4.58. The number of carbonyl (C=O) groups is 15. The number of carboxylic acids is 2. The normalized spacial score (nSPS) is 19.6. The van der Waals surface area contributed by atoms with E-state index >= 15 is 0 Å². The molecule has 13 amide bonds. The van der Waals surface area contributed by atoms with E-state index in [1.165, 1.54) is 42.6 Å². The van der Waals surface area contributed by atoms with Crippen molar-refractivity contribution in [2.24, 2.45) is 16.6 Å². The van der Waals surface area contributed by atoms with Gasteiger partial charge >= 0.3 is 11.9 Å². The number of hydrazone groups is 1. The zero-order valence-corrected chi connectivity index (χ0v) is 63.9. The number of carbonyl (C=O) groups excluding carboxylic acids is 13. The Bertz CT molecular complexity index is 4300. The number of unbranched alkanes of at least 4 members (excludes halogenated alkanes) is 2. The molecule has 4 aromatic rings. The minimum absolute atomic E-state index is 0. The van der Waals surface area contributed by atoms with Gasteiger partial charge in [0.15, 0.2) is 11.9 Å². The van der Waals surface area contributed by atoms with Crippen LogP contribution in [-0.4, -0.2) is 229 Å². The van der Waals surface area contributed by atoms with E-state index in [0.717, 1.165) is 6.21 Å². The number of amides is 13. The summed E-state index contributed by atoms with van der Waals surface area (Å²) < 4.78 is 33.4. The van der Waals surface area contributed by atoms with Crippen LogP contribution in [0.1, 0.15) is 130 Å². The van der Waals surface area contributed by atoms with Crippen LogP contribution in [-0.2, 0) is 96.6 Å². The molecule has 43 heteroatoms. The van der Waals surface area contributed by atoms with Crippen molar-refractivity contribution in [3.8, 4) is 0 Å². The Kier molecular flexibility index (Phi) is 39.3. The molecule has 3 heterocycles. The molecule has 0 saturated carbocycles. The third-order valence-corrected chi connectivity index (χ3v) is 18.7. The molecular weight excluding hydrogens is 1550 g/mol. The first kappa shape index (κ1) is 94.4. The first-order valence-electron chi connectivity index (χ1n) is 37.1.